The highest BCUT2D eigenvalue weighted by atomic mass is 19.1. The summed E-state index contributed by atoms with van der Waals surface area (Å²) in [5.74, 6) is -1.12. The van der Waals surface area contributed by atoms with E-state index in [1.807, 2.05) is 16.9 Å². The van der Waals surface area contributed by atoms with Crippen molar-refractivity contribution in [2.45, 2.75) is 31.9 Å². The number of carbonyl (C=O) groups excluding carboxylic acids is 1. The van der Waals surface area contributed by atoms with Gasteiger partial charge in [-0.3, -0.25) is 4.68 Å². The van der Waals surface area contributed by atoms with Crippen molar-refractivity contribution in [3.05, 3.63) is 54.1 Å². The van der Waals surface area contributed by atoms with E-state index in [9.17, 15) is 14.3 Å². The molecule has 1 aromatic carbocycles. The maximum atomic E-state index is 12.8. The van der Waals surface area contributed by atoms with Crippen LogP contribution in [-0.4, -0.2) is 27.5 Å². The van der Waals surface area contributed by atoms with Crippen LogP contribution in [0.3, 0.4) is 0 Å². The average molecular weight is 306 g/mol. The van der Waals surface area contributed by atoms with E-state index in [0.29, 0.717) is 5.56 Å². The summed E-state index contributed by atoms with van der Waals surface area (Å²) in [6.45, 7) is 1.09. The molecule has 6 heteroatoms. The maximum Gasteiger partial charge on any atom is 0.339 e. The number of carbonyl (C=O) groups is 1. The van der Waals surface area contributed by atoms with E-state index in [0.717, 1.165) is 25.8 Å². The third-order valence-corrected chi connectivity index (χ3v) is 3.24. The zero-order valence-electron chi connectivity index (χ0n) is 12.2. The second-order valence-corrected chi connectivity index (χ2v) is 4.95. The number of hydrogen-bond acceptors (Lipinski definition) is 4. The van der Waals surface area contributed by atoms with Crippen LogP contribution in [0.2, 0.25) is 0 Å². The molecule has 2 rings (SSSR count). The van der Waals surface area contributed by atoms with Gasteiger partial charge in [0.25, 0.3) is 0 Å². The third-order valence-electron chi connectivity index (χ3n) is 3.24. The Labute approximate surface area is 128 Å². The molecule has 0 radical (unpaired) electrons. The van der Waals surface area contributed by atoms with Gasteiger partial charge < -0.3 is 9.84 Å². The van der Waals surface area contributed by atoms with E-state index < -0.39 is 17.9 Å². The Morgan fingerprint density at radius 1 is 1.27 bits per heavy atom. The lowest BCUT2D eigenvalue weighted by molar-refractivity contribution is -0.154. The predicted molar refractivity (Wildman–Crippen MR) is 78.4 cm³/mol. The van der Waals surface area contributed by atoms with Crippen molar-refractivity contribution in [2.75, 3.05) is 6.61 Å². The number of halogens is 1. The summed E-state index contributed by atoms with van der Waals surface area (Å²) in [6, 6.07) is 7.00. The lowest BCUT2D eigenvalue weighted by atomic mass is 10.1. The normalized spacial score (nSPS) is 12.1. The van der Waals surface area contributed by atoms with E-state index in [1.165, 1.54) is 24.3 Å². The van der Waals surface area contributed by atoms with Crippen molar-refractivity contribution >= 4 is 5.97 Å². The van der Waals surface area contributed by atoms with Gasteiger partial charge in [0, 0.05) is 18.9 Å². The number of aromatic nitrogens is 2. The molecule has 0 amide bonds. The van der Waals surface area contributed by atoms with E-state index >= 15 is 0 Å². The Bertz CT molecular complexity index is 570. The first-order valence-electron chi connectivity index (χ1n) is 7.24. The molecule has 0 spiro atoms. The number of esters is 1. The van der Waals surface area contributed by atoms with E-state index in [4.69, 9.17) is 4.74 Å². The van der Waals surface area contributed by atoms with Crippen LogP contribution in [0.15, 0.2) is 42.7 Å². The summed E-state index contributed by atoms with van der Waals surface area (Å²) >= 11 is 0. The first-order valence-corrected chi connectivity index (χ1v) is 7.24. The van der Waals surface area contributed by atoms with Gasteiger partial charge in [0.2, 0.25) is 0 Å². The molecule has 118 valence electrons. The number of unbranched alkanes of at least 4 members (excludes halogenated alkanes) is 2. The third kappa shape index (κ3) is 4.96. The molecule has 0 saturated carbocycles. The fraction of sp³-hybridized carbons (Fsp3) is 0.375. The molecule has 22 heavy (non-hydrogen) atoms. The molecule has 0 fully saturated rings. The van der Waals surface area contributed by atoms with Gasteiger partial charge in [0.1, 0.15) is 5.82 Å². The first kappa shape index (κ1) is 16.2. The van der Waals surface area contributed by atoms with Crippen LogP contribution in [0.1, 0.15) is 30.9 Å². The Morgan fingerprint density at radius 3 is 2.73 bits per heavy atom. The van der Waals surface area contributed by atoms with Crippen molar-refractivity contribution in [2.24, 2.45) is 0 Å². The summed E-state index contributed by atoms with van der Waals surface area (Å²) in [4.78, 5) is 11.7. The molecule has 0 saturated heterocycles. The molecule has 5 nitrogen and oxygen atoms in total. The molecular formula is C16H19FN2O3. The highest BCUT2D eigenvalue weighted by Crippen LogP contribution is 2.15. The van der Waals surface area contributed by atoms with Crippen LogP contribution >= 0.6 is 0 Å². The Kier molecular flexibility index (Phi) is 6.09. The lowest BCUT2D eigenvalue weighted by Crippen LogP contribution is -2.16. The highest BCUT2D eigenvalue weighted by Gasteiger charge is 2.18. The van der Waals surface area contributed by atoms with Crippen molar-refractivity contribution < 1.29 is 19.0 Å². The van der Waals surface area contributed by atoms with Crippen LogP contribution in [0.4, 0.5) is 4.39 Å². The summed E-state index contributed by atoms with van der Waals surface area (Å²) in [7, 11) is 0. The number of aliphatic hydroxyl groups is 1. The van der Waals surface area contributed by atoms with Gasteiger partial charge in [-0.15, -0.1) is 0 Å². The largest absolute Gasteiger partial charge is 0.464 e. The molecule has 1 aromatic heterocycles. The second-order valence-electron chi connectivity index (χ2n) is 4.95. The number of hydrogen-bond donors (Lipinski definition) is 1. The average Bonchev–Trinajstić information content (AvgIpc) is 3.04. The standard InChI is InChI=1S/C16H19FN2O3/c17-14-7-5-13(6-8-14)15(20)16(21)22-12-3-1-2-10-19-11-4-9-18-19/h4-9,11,15,20H,1-3,10,12H2. The SMILES string of the molecule is O=C(OCCCCCn1cccn1)C(O)c1ccc(F)cc1. The fourth-order valence-corrected chi connectivity index (χ4v) is 2.02. The zero-order chi connectivity index (χ0) is 15.8. The Hall–Kier alpha value is -2.21. The second kappa shape index (κ2) is 8.29. The molecule has 1 heterocycles. The van der Waals surface area contributed by atoms with Gasteiger partial charge in [-0.1, -0.05) is 12.1 Å². The zero-order valence-corrected chi connectivity index (χ0v) is 12.2. The van der Waals surface area contributed by atoms with E-state index in [1.54, 1.807) is 6.20 Å². The molecule has 2 aromatic rings. The summed E-state index contributed by atoms with van der Waals surface area (Å²) in [5.41, 5.74) is 0.324. The maximum absolute atomic E-state index is 12.8. The first-order chi connectivity index (χ1) is 10.7. The molecule has 0 aliphatic rings. The Balaban J connectivity index is 1.61. The molecule has 0 aliphatic heterocycles. The topological polar surface area (TPSA) is 64.4 Å². The number of rotatable bonds is 8. The minimum atomic E-state index is -1.37. The molecular weight excluding hydrogens is 287 g/mol. The molecule has 1 atom stereocenters. The number of benzene rings is 1. The van der Waals surface area contributed by atoms with E-state index in [-0.39, 0.29) is 6.61 Å². The van der Waals surface area contributed by atoms with Crippen LogP contribution in [-0.2, 0) is 16.1 Å². The van der Waals surface area contributed by atoms with Crippen molar-refractivity contribution in [3.8, 4) is 0 Å². The van der Waals surface area contributed by atoms with Crippen LogP contribution in [0, 0.1) is 5.82 Å². The molecule has 0 bridgehead atoms. The molecule has 1 N–H and O–H groups in total. The van der Waals surface area contributed by atoms with Crippen molar-refractivity contribution in [3.63, 3.8) is 0 Å². The van der Waals surface area contributed by atoms with Gasteiger partial charge in [0.05, 0.1) is 6.61 Å². The number of nitrogens with zero attached hydrogens (tertiary/aromatic N) is 2. The van der Waals surface area contributed by atoms with Crippen molar-refractivity contribution in [1.29, 1.82) is 0 Å². The van der Waals surface area contributed by atoms with Crippen LogP contribution in [0.5, 0.6) is 0 Å². The predicted octanol–water partition coefficient (Wildman–Crippen LogP) is 2.47. The number of aliphatic hydroxyl groups excluding tert-OH is 1. The minimum absolute atomic E-state index is 0.260. The smallest absolute Gasteiger partial charge is 0.339 e. The van der Waals surface area contributed by atoms with E-state index in [2.05, 4.69) is 5.10 Å². The minimum Gasteiger partial charge on any atom is -0.464 e. The van der Waals surface area contributed by atoms with Gasteiger partial charge in [-0.25, -0.2) is 9.18 Å². The number of aryl methyl sites for hydroxylation is 1. The number of ether oxygens (including phenoxy) is 1. The lowest BCUT2D eigenvalue weighted by Gasteiger charge is -2.11. The monoisotopic (exact) mass is 306 g/mol. The van der Waals surface area contributed by atoms with Crippen molar-refractivity contribution in [1.82, 2.24) is 9.78 Å². The molecule has 1 unspecified atom stereocenters. The summed E-state index contributed by atoms with van der Waals surface area (Å²) in [5, 5.41) is 13.9. The van der Waals surface area contributed by atoms with Gasteiger partial charge in [0.15, 0.2) is 6.10 Å². The highest BCUT2D eigenvalue weighted by molar-refractivity contribution is 5.76. The quantitative estimate of drug-likeness (QED) is 0.601. The summed E-state index contributed by atoms with van der Waals surface area (Å²) < 4.78 is 19.6. The van der Waals surface area contributed by atoms with Crippen LogP contribution in [0.25, 0.3) is 0 Å². The van der Waals surface area contributed by atoms with Gasteiger partial charge in [-0.05, 0) is 43.0 Å². The summed E-state index contributed by atoms with van der Waals surface area (Å²) in [6.07, 6.45) is 4.84. The fourth-order valence-electron chi connectivity index (χ4n) is 2.02. The van der Waals surface area contributed by atoms with Gasteiger partial charge in [-0.2, -0.15) is 5.10 Å². The Morgan fingerprint density at radius 2 is 2.05 bits per heavy atom. The molecule has 0 aliphatic carbocycles. The van der Waals surface area contributed by atoms with Gasteiger partial charge >= 0.3 is 5.97 Å². The van der Waals surface area contributed by atoms with Crippen LogP contribution < -0.4 is 0 Å².